The van der Waals surface area contributed by atoms with Crippen LogP contribution in [-0.2, 0) is 0 Å². The Bertz CT molecular complexity index is 466. The molecule has 1 fully saturated rings. The third-order valence-electron chi connectivity index (χ3n) is 2.56. The molecule has 0 aliphatic carbocycles. The van der Waals surface area contributed by atoms with Gasteiger partial charge in [0.2, 0.25) is 11.7 Å². The summed E-state index contributed by atoms with van der Waals surface area (Å²) in [5, 5.41) is 16.3. The van der Waals surface area contributed by atoms with Crippen LogP contribution in [0.4, 0.5) is 0 Å². The molecule has 1 aliphatic rings. The molecule has 2 atom stereocenters. The standard InChI is InChI=1S/C9H11N5O2/c15-5-3-6(12-4-5)9-13-8(14-16-9)7-10-1-2-11-7/h1-2,5-6,12,15H,3-4H2,(H,10,11)/t5-,6+/m1/s1. The van der Waals surface area contributed by atoms with E-state index in [4.69, 9.17) is 4.52 Å². The Balaban J connectivity index is 1.83. The summed E-state index contributed by atoms with van der Waals surface area (Å²) in [6, 6.07) is -0.0637. The maximum Gasteiger partial charge on any atom is 0.244 e. The first-order valence-electron chi connectivity index (χ1n) is 5.08. The first kappa shape index (κ1) is 9.49. The molecule has 2 aromatic rings. The molecular weight excluding hydrogens is 210 g/mol. The highest BCUT2D eigenvalue weighted by molar-refractivity contribution is 5.40. The summed E-state index contributed by atoms with van der Waals surface area (Å²) in [5.74, 6) is 1.50. The molecule has 2 aromatic heterocycles. The molecular formula is C9H11N5O2. The lowest BCUT2D eigenvalue weighted by molar-refractivity contribution is 0.191. The number of β-amino-alcohol motifs (C(OH)–C–C–N with tert-alkyl or cyclic N) is 1. The highest BCUT2D eigenvalue weighted by Crippen LogP contribution is 2.23. The van der Waals surface area contributed by atoms with Crippen LogP contribution < -0.4 is 5.32 Å². The predicted molar refractivity (Wildman–Crippen MR) is 53.2 cm³/mol. The molecule has 1 aliphatic heterocycles. The molecule has 0 bridgehead atoms. The van der Waals surface area contributed by atoms with Crippen LogP contribution in [0, 0.1) is 0 Å². The first-order chi connectivity index (χ1) is 7.83. The Hall–Kier alpha value is -1.73. The van der Waals surface area contributed by atoms with Crippen LogP contribution in [0.5, 0.6) is 0 Å². The van der Waals surface area contributed by atoms with E-state index in [-0.39, 0.29) is 12.1 Å². The van der Waals surface area contributed by atoms with Gasteiger partial charge in [0.1, 0.15) is 0 Å². The fraction of sp³-hybridized carbons (Fsp3) is 0.444. The first-order valence-corrected chi connectivity index (χ1v) is 5.08. The molecule has 0 amide bonds. The lowest BCUT2D eigenvalue weighted by Gasteiger charge is -2.01. The Morgan fingerprint density at radius 2 is 2.44 bits per heavy atom. The third kappa shape index (κ3) is 1.59. The highest BCUT2D eigenvalue weighted by Gasteiger charge is 2.28. The van der Waals surface area contributed by atoms with Crippen molar-refractivity contribution in [3.8, 4) is 11.6 Å². The summed E-state index contributed by atoms with van der Waals surface area (Å²) in [6.45, 7) is 0.559. The minimum Gasteiger partial charge on any atom is -0.392 e. The van der Waals surface area contributed by atoms with Crippen LogP contribution >= 0.6 is 0 Å². The van der Waals surface area contributed by atoms with Crippen molar-refractivity contribution < 1.29 is 9.63 Å². The summed E-state index contributed by atoms with van der Waals surface area (Å²) in [5.41, 5.74) is 0. The molecule has 3 rings (SSSR count). The van der Waals surface area contributed by atoms with E-state index in [1.807, 2.05) is 0 Å². The van der Waals surface area contributed by atoms with Crippen LogP contribution in [0.15, 0.2) is 16.9 Å². The van der Waals surface area contributed by atoms with Gasteiger partial charge in [-0.05, 0) is 6.42 Å². The maximum atomic E-state index is 9.38. The molecule has 0 saturated carbocycles. The molecule has 16 heavy (non-hydrogen) atoms. The van der Waals surface area contributed by atoms with Crippen molar-refractivity contribution in [2.45, 2.75) is 18.6 Å². The van der Waals surface area contributed by atoms with E-state index in [0.717, 1.165) is 0 Å². The monoisotopic (exact) mass is 221 g/mol. The summed E-state index contributed by atoms with van der Waals surface area (Å²) in [6.07, 6.45) is 3.58. The second-order valence-electron chi connectivity index (χ2n) is 3.74. The molecule has 0 unspecified atom stereocenters. The number of aromatic amines is 1. The molecule has 0 aromatic carbocycles. The number of imidazole rings is 1. The number of aliphatic hydroxyl groups is 1. The van der Waals surface area contributed by atoms with Crippen LogP contribution in [0.3, 0.4) is 0 Å². The van der Waals surface area contributed by atoms with Crippen molar-refractivity contribution in [2.24, 2.45) is 0 Å². The summed E-state index contributed by atoms with van der Waals surface area (Å²) >= 11 is 0. The van der Waals surface area contributed by atoms with Gasteiger partial charge in [-0.1, -0.05) is 5.16 Å². The Morgan fingerprint density at radius 3 is 3.12 bits per heavy atom. The predicted octanol–water partition coefficient (Wildman–Crippen LogP) is -0.145. The number of nitrogens with one attached hydrogen (secondary N) is 2. The van der Waals surface area contributed by atoms with Gasteiger partial charge < -0.3 is 19.9 Å². The fourth-order valence-corrected chi connectivity index (χ4v) is 1.77. The van der Waals surface area contributed by atoms with Crippen molar-refractivity contribution in [3.05, 3.63) is 18.3 Å². The van der Waals surface area contributed by atoms with Gasteiger partial charge in [0.05, 0.1) is 12.1 Å². The van der Waals surface area contributed by atoms with Gasteiger partial charge in [0, 0.05) is 18.9 Å². The Morgan fingerprint density at radius 1 is 1.50 bits per heavy atom. The normalized spacial score (nSPS) is 25.1. The van der Waals surface area contributed by atoms with E-state index in [0.29, 0.717) is 30.5 Å². The van der Waals surface area contributed by atoms with Crippen molar-refractivity contribution in [2.75, 3.05) is 6.54 Å². The zero-order chi connectivity index (χ0) is 11.0. The lowest BCUT2D eigenvalue weighted by Crippen LogP contribution is -2.15. The molecule has 1 saturated heterocycles. The minimum absolute atomic E-state index is 0.0637. The third-order valence-corrected chi connectivity index (χ3v) is 2.56. The average molecular weight is 221 g/mol. The van der Waals surface area contributed by atoms with Crippen molar-refractivity contribution >= 4 is 0 Å². The second-order valence-corrected chi connectivity index (χ2v) is 3.74. The number of aromatic nitrogens is 4. The quantitative estimate of drug-likeness (QED) is 0.652. The number of nitrogens with zero attached hydrogens (tertiary/aromatic N) is 3. The number of hydrogen-bond acceptors (Lipinski definition) is 6. The van der Waals surface area contributed by atoms with Crippen LogP contribution in [0.2, 0.25) is 0 Å². The lowest BCUT2D eigenvalue weighted by atomic mass is 10.2. The number of aliphatic hydroxyl groups excluding tert-OH is 1. The van der Waals surface area contributed by atoms with E-state index in [2.05, 4.69) is 25.4 Å². The Labute approximate surface area is 90.9 Å². The largest absolute Gasteiger partial charge is 0.392 e. The van der Waals surface area contributed by atoms with E-state index in [1.165, 1.54) is 0 Å². The summed E-state index contributed by atoms with van der Waals surface area (Å²) < 4.78 is 5.13. The van der Waals surface area contributed by atoms with E-state index in [9.17, 15) is 5.11 Å². The number of hydrogen-bond donors (Lipinski definition) is 3. The van der Waals surface area contributed by atoms with E-state index < -0.39 is 0 Å². The van der Waals surface area contributed by atoms with Gasteiger partial charge in [0.15, 0.2) is 5.82 Å². The van der Waals surface area contributed by atoms with Gasteiger partial charge in [-0.2, -0.15) is 4.98 Å². The zero-order valence-electron chi connectivity index (χ0n) is 8.42. The zero-order valence-corrected chi connectivity index (χ0v) is 8.42. The molecule has 0 radical (unpaired) electrons. The van der Waals surface area contributed by atoms with E-state index in [1.54, 1.807) is 12.4 Å². The molecule has 7 heteroatoms. The second kappa shape index (κ2) is 3.69. The SMILES string of the molecule is O[C@H]1CN[C@H](c2nc(-c3ncc[nH]3)no2)C1. The van der Waals surface area contributed by atoms with Gasteiger partial charge in [-0.3, -0.25) is 0 Å². The topological polar surface area (TPSA) is 99.9 Å². The Kier molecular flexibility index (Phi) is 2.19. The summed E-state index contributed by atoms with van der Waals surface area (Å²) in [7, 11) is 0. The molecule has 3 N–H and O–H groups in total. The van der Waals surface area contributed by atoms with Crippen molar-refractivity contribution in [1.82, 2.24) is 25.4 Å². The number of rotatable bonds is 2. The van der Waals surface area contributed by atoms with Crippen LogP contribution in [0.1, 0.15) is 18.4 Å². The molecule has 84 valence electrons. The van der Waals surface area contributed by atoms with Crippen LogP contribution in [-0.4, -0.2) is 37.9 Å². The minimum atomic E-state index is -0.344. The van der Waals surface area contributed by atoms with Crippen molar-refractivity contribution in [1.29, 1.82) is 0 Å². The fourth-order valence-electron chi connectivity index (χ4n) is 1.77. The van der Waals surface area contributed by atoms with Gasteiger partial charge in [0.25, 0.3) is 0 Å². The maximum absolute atomic E-state index is 9.38. The van der Waals surface area contributed by atoms with E-state index >= 15 is 0 Å². The highest BCUT2D eigenvalue weighted by atomic mass is 16.5. The number of H-pyrrole nitrogens is 1. The molecule has 3 heterocycles. The van der Waals surface area contributed by atoms with Gasteiger partial charge in [-0.25, -0.2) is 4.98 Å². The average Bonchev–Trinajstić information content (AvgIpc) is 2.97. The van der Waals surface area contributed by atoms with Gasteiger partial charge >= 0.3 is 0 Å². The molecule has 0 spiro atoms. The van der Waals surface area contributed by atoms with Crippen LogP contribution in [0.25, 0.3) is 11.6 Å². The smallest absolute Gasteiger partial charge is 0.244 e. The molecule has 7 nitrogen and oxygen atoms in total. The van der Waals surface area contributed by atoms with Crippen molar-refractivity contribution in [3.63, 3.8) is 0 Å². The van der Waals surface area contributed by atoms with Gasteiger partial charge in [-0.15, -0.1) is 0 Å². The summed E-state index contributed by atoms with van der Waals surface area (Å²) in [4.78, 5) is 11.2.